The highest BCUT2D eigenvalue weighted by molar-refractivity contribution is 7.99. The Bertz CT molecular complexity index is 506. The third-order valence-corrected chi connectivity index (χ3v) is 4.66. The summed E-state index contributed by atoms with van der Waals surface area (Å²) in [6.45, 7) is 2.75. The molecule has 0 radical (unpaired) electrons. The molecule has 1 saturated heterocycles. The number of benzene rings is 1. The maximum Gasteiger partial charge on any atom is 0.256 e. The number of fused-ring (bicyclic) bond motifs is 1. The second kappa shape index (κ2) is 5.06. The van der Waals surface area contributed by atoms with Crippen LogP contribution in [0.15, 0.2) is 23.1 Å². The Morgan fingerprint density at radius 1 is 1.47 bits per heavy atom. The van der Waals surface area contributed by atoms with Gasteiger partial charge in [0.2, 0.25) is 0 Å². The van der Waals surface area contributed by atoms with Crippen LogP contribution in [0.2, 0.25) is 0 Å². The Balaban J connectivity index is 1.86. The number of nitrogen functional groups attached to an aromatic ring is 1. The van der Waals surface area contributed by atoms with E-state index in [1.807, 2.05) is 30.0 Å². The van der Waals surface area contributed by atoms with Gasteiger partial charge in [-0.05, 0) is 38.0 Å². The molecule has 2 aliphatic rings. The number of nitrogens with zero attached hydrogens (tertiary/aromatic N) is 1. The van der Waals surface area contributed by atoms with Crippen LogP contribution in [0, 0.1) is 0 Å². The molecule has 3 rings (SSSR count). The summed E-state index contributed by atoms with van der Waals surface area (Å²) < 4.78 is 5.69. The van der Waals surface area contributed by atoms with Crippen molar-refractivity contribution in [2.24, 2.45) is 0 Å². The molecule has 1 fully saturated rings. The lowest BCUT2D eigenvalue weighted by molar-refractivity contribution is -0.128. The van der Waals surface area contributed by atoms with E-state index in [9.17, 15) is 4.79 Å². The smallest absolute Gasteiger partial charge is 0.256 e. The minimum atomic E-state index is -0.285. The largest absolute Gasteiger partial charge is 0.399 e. The first-order valence-corrected chi connectivity index (χ1v) is 7.63. The Hall–Kier alpha value is -1.20. The number of carbonyl (C=O) groups excluding carboxylic acids is 1. The zero-order valence-corrected chi connectivity index (χ0v) is 11.8. The highest BCUT2D eigenvalue weighted by Gasteiger charge is 2.34. The Morgan fingerprint density at radius 3 is 3.05 bits per heavy atom. The van der Waals surface area contributed by atoms with E-state index in [-0.39, 0.29) is 18.1 Å². The first-order valence-electron chi connectivity index (χ1n) is 6.64. The Morgan fingerprint density at radius 2 is 2.32 bits per heavy atom. The van der Waals surface area contributed by atoms with E-state index in [0.717, 1.165) is 35.7 Å². The minimum Gasteiger partial charge on any atom is -0.399 e. The zero-order chi connectivity index (χ0) is 13.4. The minimum absolute atomic E-state index is 0.0801. The maximum absolute atomic E-state index is 12.6. The number of hydrogen-bond donors (Lipinski definition) is 1. The van der Waals surface area contributed by atoms with Crippen LogP contribution in [-0.4, -0.2) is 30.4 Å². The van der Waals surface area contributed by atoms with Crippen LogP contribution in [0.25, 0.3) is 0 Å². The molecule has 0 bridgehead atoms. The lowest BCUT2D eigenvalue weighted by Gasteiger charge is -2.31. The fourth-order valence-electron chi connectivity index (χ4n) is 2.62. The van der Waals surface area contributed by atoms with Gasteiger partial charge in [-0.3, -0.25) is 4.79 Å². The molecular formula is C14H18N2O2S. The molecule has 0 aromatic heterocycles. The number of carbonyl (C=O) groups is 1. The highest BCUT2D eigenvalue weighted by Crippen LogP contribution is 2.37. The Kier molecular flexibility index (Phi) is 3.41. The van der Waals surface area contributed by atoms with Gasteiger partial charge in [-0.25, -0.2) is 0 Å². The van der Waals surface area contributed by atoms with Gasteiger partial charge in [-0.15, -0.1) is 11.8 Å². The van der Waals surface area contributed by atoms with Crippen molar-refractivity contribution in [2.75, 3.05) is 22.9 Å². The molecule has 2 atom stereocenters. The van der Waals surface area contributed by atoms with Crippen molar-refractivity contribution in [1.82, 2.24) is 0 Å². The average Bonchev–Trinajstić information content (AvgIpc) is 2.84. The van der Waals surface area contributed by atoms with E-state index in [0.29, 0.717) is 5.69 Å². The summed E-state index contributed by atoms with van der Waals surface area (Å²) in [6, 6.07) is 5.76. The molecule has 0 saturated carbocycles. The van der Waals surface area contributed by atoms with Gasteiger partial charge < -0.3 is 15.4 Å². The monoisotopic (exact) mass is 278 g/mol. The summed E-state index contributed by atoms with van der Waals surface area (Å²) in [5.74, 6) is 1.00. The van der Waals surface area contributed by atoms with Crippen molar-refractivity contribution >= 4 is 29.0 Å². The molecule has 5 heteroatoms. The molecule has 102 valence electrons. The summed E-state index contributed by atoms with van der Waals surface area (Å²) >= 11 is 1.77. The lowest BCUT2D eigenvalue weighted by Crippen LogP contribution is -2.42. The molecule has 1 amide bonds. The van der Waals surface area contributed by atoms with Gasteiger partial charge in [0.1, 0.15) is 6.10 Å². The van der Waals surface area contributed by atoms with Gasteiger partial charge in [0.15, 0.2) is 0 Å². The topological polar surface area (TPSA) is 55.6 Å². The average molecular weight is 278 g/mol. The van der Waals surface area contributed by atoms with Crippen LogP contribution >= 0.6 is 11.8 Å². The number of anilines is 2. The van der Waals surface area contributed by atoms with Crippen molar-refractivity contribution in [2.45, 2.75) is 36.9 Å². The summed E-state index contributed by atoms with van der Waals surface area (Å²) in [4.78, 5) is 15.5. The fraction of sp³-hybridized carbons (Fsp3) is 0.500. The molecule has 2 N–H and O–H groups in total. The quantitative estimate of drug-likeness (QED) is 0.801. The third-order valence-electron chi connectivity index (χ3n) is 3.62. The maximum atomic E-state index is 12.6. The predicted molar refractivity (Wildman–Crippen MR) is 77.5 cm³/mol. The number of ether oxygens (including phenoxy) is 1. The number of thioether (sulfide) groups is 1. The number of nitrogens with two attached hydrogens (primary N) is 1. The van der Waals surface area contributed by atoms with E-state index < -0.39 is 0 Å². The van der Waals surface area contributed by atoms with Gasteiger partial charge >= 0.3 is 0 Å². The first kappa shape index (κ1) is 12.8. The molecular weight excluding hydrogens is 260 g/mol. The number of hydrogen-bond acceptors (Lipinski definition) is 4. The number of rotatable bonds is 1. The fourth-order valence-corrected chi connectivity index (χ4v) is 3.60. The van der Waals surface area contributed by atoms with Crippen LogP contribution in [0.5, 0.6) is 0 Å². The van der Waals surface area contributed by atoms with Crippen LogP contribution < -0.4 is 10.6 Å². The first-order chi connectivity index (χ1) is 9.15. The summed E-state index contributed by atoms with van der Waals surface area (Å²) in [6.07, 6.45) is 1.69. The third kappa shape index (κ3) is 2.44. The van der Waals surface area contributed by atoms with Gasteiger partial charge in [0.25, 0.3) is 5.91 Å². The molecule has 2 aliphatic heterocycles. The van der Waals surface area contributed by atoms with E-state index in [1.54, 1.807) is 11.8 Å². The van der Waals surface area contributed by atoms with Crippen molar-refractivity contribution in [3.05, 3.63) is 18.2 Å². The summed E-state index contributed by atoms with van der Waals surface area (Å²) in [5.41, 5.74) is 7.47. The second-order valence-electron chi connectivity index (χ2n) is 5.08. The molecule has 0 aliphatic carbocycles. The predicted octanol–water partition coefficient (Wildman–Crippen LogP) is 2.28. The molecule has 2 unspecified atom stereocenters. The van der Waals surface area contributed by atoms with Gasteiger partial charge in [0.05, 0.1) is 11.8 Å². The molecule has 2 heterocycles. The van der Waals surface area contributed by atoms with E-state index in [2.05, 4.69) is 0 Å². The Labute approximate surface area is 117 Å². The van der Waals surface area contributed by atoms with Crippen LogP contribution in [-0.2, 0) is 9.53 Å². The molecule has 4 nitrogen and oxygen atoms in total. The van der Waals surface area contributed by atoms with E-state index in [4.69, 9.17) is 10.5 Å². The summed E-state index contributed by atoms with van der Waals surface area (Å²) in [5, 5.41) is 0. The molecule has 0 spiro atoms. The van der Waals surface area contributed by atoms with Crippen molar-refractivity contribution < 1.29 is 9.53 Å². The van der Waals surface area contributed by atoms with Crippen molar-refractivity contribution in [3.8, 4) is 0 Å². The SMILES string of the molecule is CC1CCC(C(=O)N2CCSc3ccc(N)cc32)O1. The number of amides is 1. The van der Waals surface area contributed by atoms with Crippen molar-refractivity contribution in [3.63, 3.8) is 0 Å². The van der Waals surface area contributed by atoms with Crippen LogP contribution in [0.1, 0.15) is 19.8 Å². The van der Waals surface area contributed by atoms with Gasteiger partial charge in [-0.2, -0.15) is 0 Å². The second-order valence-corrected chi connectivity index (χ2v) is 6.21. The zero-order valence-electron chi connectivity index (χ0n) is 11.0. The van der Waals surface area contributed by atoms with E-state index >= 15 is 0 Å². The van der Waals surface area contributed by atoms with Gasteiger partial charge in [0, 0.05) is 22.9 Å². The molecule has 19 heavy (non-hydrogen) atoms. The highest BCUT2D eigenvalue weighted by atomic mass is 32.2. The molecule has 1 aromatic rings. The van der Waals surface area contributed by atoms with Crippen molar-refractivity contribution in [1.29, 1.82) is 0 Å². The normalized spacial score (nSPS) is 26.3. The molecule has 1 aromatic carbocycles. The summed E-state index contributed by atoms with van der Waals surface area (Å²) in [7, 11) is 0. The van der Waals surface area contributed by atoms with E-state index in [1.165, 1.54) is 0 Å². The standard InChI is InChI=1S/C14H18N2O2S/c1-9-2-4-12(18-9)14(17)16-6-7-19-13-5-3-10(15)8-11(13)16/h3,5,8-9,12H,2,4,6-7,15H2,1H3. The van der Waals surface area contributed by atoms with Crippen LogP contribution in [0.4, 0.5) is 11.4 Å². The van der Waals surface area contributed by atoms with Gasteiger partial charge in [-0.1, -0.05) is 0 Å². The van der Waals surface area contributed by atoms with Crippen LogP contribution in [0.3, 0.4) is 0 Å². The lowest BCUT2D eigenvalue weighted by atomic mass is 10.1.